The van der Waals surface area contributed by atoms with Crippen molar-refractivity contribution in [3.63, 3.8) is 0 Å². The van der Waals surface area contributed by atoms with E-state index in [1.54, 1.807) is 12.1 Å². The van der Waals surface area contributed by atoms with Gasteiger partial charge in [-0.2, -0.15) is 0 Å². The van der Waals surface area contributed by atoms with E-state index in [4.69, 9.17) is 4.74 Å². The summed E-state index contributed by atoms with van der Waals surface area (Å²) in [6, 6.07) is 5.27. The average molecular weight is 243 g/mol. The smallest absolute Gasteiger partial charge is 0.229 e. The van der Waals surface area contributed by atoms with Crippen molar-refractivity contribution in [1.82, 2.24) is 0 Å². The highest BCUT2D eigenvalue weighted by molar-refractivity contribution is 7.92. The second-order valence-electron chi connectivity index (χ2n) is 4.02. The maximum Gasteiger partial charge on any atom is 0.229 e. The van der Waals surface area contributed by atoms with Crippen LogP contribution in [0.15, 0.2) is 18.2 Å². The topological polar surface area (TPSA) is 55.4 Å². The Morgan fingerprint density at radius 2 is 1.94 bits per heavy atom. The second kappa shape index (κ2) is 4.74. The standard InChI is InChI=1S/C11H17NO3S/c1-8(2)15-10-5-6-11(9(3)7-10)12-16(4,13)14/h5-8,12H,1-4H3. The Morgan fingerprint density at radius 3 is 2.38 bits per heavy atom. The summed E-state index contributed by atoms with van der Waals surface area (Å²) in [6.45, 7) is 5.72. The molecule has 5 heteroatoms. The van der Waals surface area contributed by atoms with Crippen molar-refractivity contribution in [2.24, 2.45) is 0 Å². The maximum absolute atomic E-state index is 11.1. The van der Waals surface area contributed by atoms with E-state index in [1.165, 1.54) is 0 Å². The lowest BCUT2D eigenvalue weighted by molar-refractivity contribution is 0.242. The van der Waals surface area contributed by atoms with Gasteiger partial charge in [-0.1, -0.05) is 0 Å². The minimum absolute atomic E-state index is 0.105. The molecule has 0 fully saturated rings. The third-order valence-corrected chi connectivity index (χ3v) is 2.46. The van der Waals surface area contributed by atoms with Crippen LogP contribution in [0.4, 0.5) is 5.69 Å². The first kappa shape index (κ1) is 12.8. The van der Waals surface area contributed by atoms with E-state index in [2.05, 4.69) is 4.72 Å². The van der Waals surface area contributed by atoms with E-state index >= 15 is 0 Å². The SMILES string of the molecule is Cc1cc(OC(C)C)ccc1NS(C)(=O)=O. The highest BCUT2D eigenvalue weighted by atomic mass is 32.2. The second-order valence-corrected chi connectivity index (χ2v) is 5.77. The molecule has 0 atom stereocenters. The number of rotatable bonds is 4. The fourth-order valence-electron chi connectivity index (χ4n) is 1.30. The van der Waals surface area contributed by atoms with E-state index in [0.29, 0.717) is 5.69 Å². The first-order chi connectivity index (χ1) is 7.28. The molecule has 1 rings (SSSR count). The molecule has 0 aromatic heterocycles. The quantitative estimate of drug-likeness (QED) is 0.881. The number of nitrogens with one attached hydrogen (secondary N) is 1. The van der Waals surface area contributed by atoms with Gasteiger partial charge < -0.3 is 4.74 Å². The highest BCUT2D eigenvalue weighted by Crippen LogP contribution is 2.22. The summed E-state index contributed by atoms with van der Waals surface area (Å²) in [5.74, 6) is 0.742. The van der Waals surface area contributed by atoms with Crippen LogP contribution in [0.5, 0.6) is 5.75 Å². The molecule has 4 nitrogen and oxygen atoms in total. The Hall–Kier alpha value is -1.23. The van der Waals surface area contributed by atoms with E-state index < -0.39 is 10.0 Å². The molecule has 0 amide bonds. The van der Waals surface area contributed by atoms with Crippen molar-refractivity contribution in [1.29, 1.82) is 0 Å². The van der Waals surface area contributed by atoms with Crippen LogP contribution in [0.2, 0.25) is 0 Å². The molecule has 0 heterocycles. The zero-order chi connectivity index (χ0) is 12.3. The van der Waals surface area contributed by atoms with Gasteiger partial charge >= 0.3 is 0 Å². The molecule has 0 radical (unpaired) electrons. The Balaban J connectivity index is 2.92. The molecule has 16 heavy (non-hydrogen) atoms. The molecule has 0 aliphatic carbocycles. The first-order valence-corrected chi connectivity index (χ1v) is 6.92. The Kier molecular flexibility index (Phi) is 3.80. The van der Waals surface area contributed by atoms with Crippen LogP contribution in [0, 0.1) is 6.92 Å². The van der Waals surface area contributed by atoms with Crippen molar-refractivity contribution in [3.05, 3.63) is 23.8 Å². The van der Waals surface area contributed by atoms with Gasteiger partial charge in [-0.05, 0) is 44.5 Å². The minimum atomic E-state index is -3.23. The maximum atomic E-state index is 11.1. The summed E-state index contributed by atoms with van der Waals surface area (Å²) >= 11 is 0. The predicted octanol–water partition coefficient (Wildman–Crippen LogP) is 2.15. The Labute approximate surface area is 96.7 Å². The number of hydrogen-bond acceptors (Lipinski definition) is 3. The van der Waals surface area contributed by atoms with Crippen LogP contribution in [0.3, 0.4) is 0 Å². The van der Waals surface area contributed by atoms with E-state index in [9.17, 15) is 8.42 Å². The lowest BCUT2D eigenvalue weighted by Crippen LogP contribution is -2.11. The molecule has 1 aromatic rings. The Bertz CT molecular complexity index is 466. The van der Waals surface area contributed by atoms with Crippen LogP contribution in [-0.4, -0.2) is 20.8 Å². The van der Waals surface area contributed by atoms with E-state index in [-0.39, 0.29) is 6.10 Å². The van der Waals surface area contributed by atoms with Gasteiger partial charge in [0.05, 0.1) is 18.0 Å². The third-order valence-electron chi connectivity index (χ3n) is 1.87. The average Bonchev–Trinajstić information content (AvgIpc) is 2.06. The summed E-state index contributed by atoms with van der Waals surface area (Å²) < 4.78 is 30.1. The van der Waals surface area contributed by atoms with Crippen LogP contribution in [-0.2, 0) is 10.0 Å². The van der Waals surface area contributed by atoms with Gasteiger partial charge in [-0.15, -0.1) is 0 Å². The fraction of sp³-hybridized carbons (Fsp3) is 0.455. The van der Waals surface area contributed by atoms with Crippen LogP contribution in [0.1, 0.15) is 19.4 Å². The van der Waals surface area contributed by atoms with Gasteiger partial charge in [0.2, 0.25) is 10.0 Å². The molecular weight excluding hydrogens is 226 g/mol. The van der Waals surface area contributed by atoms with Crippen LogP contribution in [0.25, 0.3) is 0 Å². The zero-order valence-corrected chi connectivity index (χ0v) is 10.8. The monoisotopic (exact) mass is 243 g/mol. The molecule has 0 saturated heterocycles. The summed E-state index contributed by atoms with van der Waals surface area (Å²) in [4.78, 5) is 0. The lowest BCUT2D eigenvalue weighted by atomic mass is 10.2. The highest BCUT2D eigenvalue weighted by Gasteiger charge is 2.06. The number of hydrogen-bond donors (Lipinski definition) is 1. The normalized spacial score (nSPS) is 11.6. The number of ether oxygens (including phenoxy) is 1. The molecule has 1 N–H and O–H groups in total. The Morgan fingerprint density at radius 1 is 1.31 bits per heavy atom. The molecule has 90 valence electrons. The number of benzene rings is 1. The van der Waals surface area contributed by atoms with E-state index in [0.717, 1.165) is 17.6 Å². The first-order valence-electron chi connectivity index (χ1n) is 5.03. The van der Waals surface area contributed by atoms with Crippen molar-refractivity contribution in [3.8, 4) is 5.75 Å². The van der Waals surface area contributed by atoms with Gasteiger partial charge in [0.15, 0.2) is 0 Å². The molecular formula is C11H17NO3S. The molecule has 0 unspecified atom stereocenters. The van der Waals surface area contributed by atoms with Crippen molar-refractivity contribution in [2.45, 2.75) is 26.9 Å². The van der Waals surface area contributed by atoms with Gasteiger partial charge in [0.1, 0.15) is 5.75 Å². The number of aryl methyl sites for hydroxylation is 1. The molecule has 0 spiro atoms. The minimum Gasteiger partial charge on any atom is -0.491 e. The van der Waals surface area contributed by atoms with Crippen LogP contribution >= 0.6 is 0 Å². The molecule has 1 aromatic carbocycles. The number of sulfonamides is 1. The number of anilines is 1. The predicted molar refractivity (Wildman–Crippen MR) is 65.4 cm³/mol. The summed E-state index contributed by atoms with van der Waals surface area (Å²) in [5, 5.41) is 0. The van der Waals surface area contributed by atoms with Crippen molar-refractivity contribution >= 4 is 15.7 Å². The summed E-state index contributed by atoms with van der Waals surface area (Å²) in [6.07, 6.45) is 1.23. The molecule has 0 bridgehead atoms. The lowest BCUT2D eigenvalue weighted by Gasteiger charge is -2.12. The summed E-state index contributed by atoms with van der Waals surface area (Å²) in [7, 11) is -3.23. The van der Waals surface area contributed by atoms with Crippen molar-refractivity contribution < 1.29 is 13.2 Å². The fourth-order valence-corrected chi connectivity index (χ4v) is 1.92. The summed E-state index contributed by atoms with van der Waals surface area (Å²) in [5.41, 5.74) is 1.42. The van der Waals surface area contributed by atoms with Crippen molar-refractivity contribution in [2.75, 3.05) is 11.0 Å². The third kappa shape index (κ3) is 4.10. The molecule has 0 aliphatic heterocycles. The van der Waals surface area contributed by atoms with Gasteiger partial charge in [-0.3, -0.25) is 4.72 Å². The molecule has 0 saturated carbocycles. The van der Waals surface area contributed by atoms with Gasteiger partial charge in [0.25, 0.3) is 0 Å². The van der Waals surface area contributed by atoms with Crippen LogP contribution < -0.4 is 9.46 Å². The molecule has 0 aliphatic rings. The van der Waals surface area contributed by atoms with Gasteiger partial charge in [-0.25, -0.2) is 8.42 Å². The zero-order valence-electron chi connectivity index (χ0n) is 9.94. The van der Waals surface area contributed by atoms with Gasteiger partial charge in [0, 0.05) is 0 Å². The van der Waals surface area contributed by atoms with E-state index in [1.807, 2.05) is 26.8 Å². The largest absolute Gasteiger partial charge is 0.491 e.